The molecule has 7 heteroatoms. The van der Waals surface area contributed by atoms with Gasteiger partial charge in [0, 0.05) is 0 Å². The summed E-state index contributed by atoms with van der Waals surface area (Å²) >= 11 is 3.20. The van der Waals surface area contributed by atoms with E-state index in [1.54, 1.807) is 13.8 Å². The number of imide groups is 1. The minimum Gasteiger partial charge on any atom is -0.463 e. The van der Waals surface area contributed by atoms with Crippen LogP contribution in [0.5, 0.6) is 0 Å². The van der Waals surface area contributed by atoms with Gasteiger partial charge in [-0.1, -0.05) is 28.1 Å². The zero-order valence-electron chi connectivity index (χ0n) is 11.7. The highest BCUT2D eigenvalue weighted by molar-refractivity contribution is 9.10. The summed E-state index contributed by atoms with van der Waals surface area (Å²) in [5, 5.41) is 0. The minimum absolute atomic E-state index is 0.00834. The van der Waals surface area contributed by atoms with E-state index in [4.69, 9.17) is 9.47 Å². The average Bonchev–Trinajstić information content (AvgIpc) is 3.06. The molecule has 3 aliphatic heterocycles. The molecule has 0 N–H and O–H groups in total. The van der Waals surface area contributed by atoms with E-state index < -0.39 is 22.1 Å². The monoisotopic (exact) mass is 357 g/mol. The quantitative estimate of drug-likeness (QED) is 0.319. The SMILES string of the molecule is CC(C)(Br)C(=O)OCCN1C(=O)C2C3C=CC(O3)[C@H]2C1=O. The molecule has 2 amide bonds. The predicted molar refractivity (Wildman–Crippen MR) is 75.5 cm³/mol. The lowest BCUT2D eigenvalue weighted by Crippen LogP contribution is -2.38. The van der Waals surface area contributed by atoms with E-state index in [9.17, 15) is 14.4 Å². The lowest BCUT2D eigenvalue weighted by molar-refractivity contribution is -0.150. The number of hydrogen-bond acceptors (Lipinski definition) is 5. The van der Waals surface area contributed by atoms with Crippen LogP contribution < -0.4 is 0 Å². The van der Waals surface area contributed by atoms with Crippen molar-refractivity contribution in [2.45, 2.75) is 30.4 Å². The lowest BCUT2D eigenvalue weighted by Gasteiger charge is -2.19. The first-order valence-electron chi connectivity index (χ1n) is 6.86. The third kappa shape index (κ3) is 2.32. The van der Waals surface area contributed by atoms with Gasteiger partial charge in [0.05, 0.1) is 30.6 Å². The number of fused-ring (bicyclic) bond motifs is 5. The van der Waals surface area contributed by atoms with Gasteiger partial charge >= 0.3 is 5.97 Å². The van der Waals surface area contributed by atoms with Crippen molar-refractivity contribution in [1.29, 1.82) is 0 Å². The van der Waals surface area contributed by atoms with E-state index in [0.29, 0.717) is 0 Å². The van der Waals surface area contributed by atoms with Crippen LogP contribution in [0.2, 0.25) is 0 Å². The van der Waals surface area contributed by atoms with Gasteiger partial charge in [-0.2, -0.15) is 0 Å². The average molecular weight is 358 g/mol. The van der Waals surface area contributed by atoms with Crippen LogP contribution in [0, 0.1) is 11.8 Å². The summed E-state index contributed by atoms with van der Waals surface area (Å²) < 4.78 is 9.84. The highest BCUT2D eigenvalue weighted by Gasteiger charge is 2.60. The van der Waals surface area contributed by atoms with Crippen LogP contribution in [0.15, 0.2) is 12.2 Å². The van der Waals surface area contributed by atoms with Crippen LogP contribution in [0.4, 0.5) is 0 Å². The molecular formula is C14H16BrNO5. The first kappa shape index (κ1) is 14.7. The molecule has 0 saturated carbocycles. The normalized spacial score (nSPS) is 33.8. The molecule has 0 spiro atoms. The van der Waals surface area contributed by atoms with Gasteiger partial charge < -0.3 is 9.47 Å². The van der Waals surface area contributed by atoms with Crippen molar-refractivity contribution in [1.82, 2.24) is 4.90 Å². The highest BCUT2D eigenvalue weighted by atomic mass is 79.9. The van der Waals surface area contributed by atoms with Gasteiger partial charge in [-0.05, 0) is 13.8 Å². The number of esters is 1. The molecule has 3 unspecified atom stereocenters. The Morgan fingerprint density at radius 3 is 2.29 bits per heavy atom. The molecule has 2 bridgehead atoms. The van der Waals surface area contributed by atoms with Gasteiger partial charge in [0.25, 0.3) is 0 Å². The molecule has 3 rings (SSSR count). The molecule has 114 valence electrons. The molecule has 0 aromatic carbocycles. The van der Waals surface area contributed by atoms with E-state index in [0.717, 1.165) is 0 Å². The summed E-state index contributed by atoms with van der Waals surface area (Å²) in [7, 11) is 0. The van der Waals surface area contributed by atoms with Crippen molar-refractivity contribution < 1.29 is 23.9 Å². The van der Waals surface area contributed by atoms with Crippen molar-refractivity contribution >= 4 is 33.7 Å². The fourth-order valence-corrected chi connectivity index (χ4v) is 3.10. The van der Waals surface area contributed by atoms with Gasteiger partial charge in [-0.15, -0.1) is 0 Å². The predicted octanol–water partition coefficient (Wildman–Crippen LogP) is 0.641. The topological polar surface area (TPSA) is 72.9 Å². The van der Waals surface area contributed by atoms with Gasteiger partial charge in [0.15, 0.2) is 0 Å². The second kappa shape index (κ2) is 4.91. The summed E-state index contributed by atoms with van der Waals surface area (Å²) in [6.07, 6.45) is 3.11. The van der Waals surface area contributed by atoms with Crippen LogP contribution in [0.1, 0.15) is 13.8 Å². The Kier molecular flexibility index (Phi) is 3.44. The van der Waals surface area contributed by atoms with Crippen molar-refractivity contribution in [2.24, 2.45) is 11.8 Å². The third-order valence-corrected chi connectivity index (χ3v) is 4.36. The molecule has 0 aromatic rings. The Morgan fingerprint density at radius 2 is 1.81 bits per heavy atom. The number of alkyl halides is 1. The molecule has 4 atom stereocenters. The van der Waals surface area contributed by atoms with Crippen LogP contribution >= 0.6 is 15.9 Å². The lowest BCUT2D eigenvalue weighted by atomic mass is 9.85. The number of carbonyl (C=O) groups is 3. The molecule has 2 fully saturated rings. The number of amides is 2. The van der Waals surface area contributed by atoms with Crippen molar-refractivity contribution in [3.05, 3.63) is 12.2 Å². The van der Waals surface area contributed by atoms with Gasteiger partial charge in [0.2, 0.25) is 11.8 Å². The van der Waals surface area contributed by atoms with E-state index >= 15 is 0 Å². The van der Waals surface area contributed by atoms with E-state index in [1.807, 2.05) is 12.2 Å². The van der Waals surface area contributed by atoms with E-state index in [1.165, 1.54) is 4.90 Å². The van der Waals surface area contributed by atoms with Gasteiger partial charge in [0.1, 0.15) is 10.9 Å². The van der Waals surface area contributed by atoms with Crippen molar-refractivity contribution in [3.63, 3.8) is 0 Å². The second-order valence-electron chi connectivity index (χ2n) is 5.94. The third-order valence-electron chi connectivity index (χ3n) is 4.04. The molecule has 21 heavy (non-hydrogen) atoms. The summed E-state index contributed by atoms with van der Waals surface area (Å²) in [5.74, 6) is -1.69. The molecular weight excluding hydrogens is 342 g/mol. The summed E-state index contributed by atoms with van der Waals surface area (Å²) in [5.41, 5.74) is 0. The largest absolute Gasteiger partial charge is 0.463 e. The summed E-state index contributed by atoms with van der Waals surface area (Å²) in [6.45, 7) is 3.45. The maximum atomic E-state index is 12.3. The molecule has 0 aromatic heterocycles. The maximum absolute atomic E-state index is 12.3. The van der Waals surface area contributed by atoms with Crippen LogP contribution in [-0.4, -0.2) is 52.4 Å². The summed E-state index contributed by atoms with van der Waals surface area (Å²) in [4.78, 5) is 37.4. The first-order valence-corrected chi connectivity index (χ1v) is 7.65. The van der Waals surface area contributed by atoms with Crippen LogP contribution in [-0.2, 0) is 23.9 Å². The van der Waals surface area contributed by atoms with E-state index in [2.05, 4.69) is 15.9 Å². The van der Waals surface area contributed by atoms with E-state index in [-0.39, 0.29) is 37.2 Å². The van der Waals surface area contributed by atoms with Crippen molar-refractivity contribution in [3.8, 4) is 0 Å². The number of halogens is 1. The smallest absolute Gasteiger partial charge is 0.322 e. The Morgan fingerprint density at radius 1 is 1.29 bits per heavy atom. The molecule has 3 heterocycles. The molecule has 3 aliphatic rings. The molecule has 2 saturated heterocycles. The minimum atomic E-state index is -0.778. The van der Waals surface area contributed by atoms with Gasteiger partial charge in [-0.3, -0.25) is 19.3 Å². The number of nitrogens with zero attached hydrogens (tertiary/aromatic N) is 1. The van der Waals surface area contributed by atoms with Crippen LogP contribution in [0.3, 0.4) is 0 Å². The Hall–Kier alpha value is -1.21. The number of carbonyl (C=O) groups excluding carboxylic acids is 3. The maximum Gasteiger partial charge on any atom is 0.322 e. The molecule has 0 radical (unpaired) electrons. The molecule has 6 nitrogen and oxygen atoms in total. The molecule has 0 aliphatic carbocycles. The van der Waals surface area contributed by atoms with Crippen molar-refractivity contribution in [2.75, 3.05) is 13.2 Å². The summed E-state index contributed by atoms with van der Waals surface area (Å²) in [6, 6.07) is 0. The highest BCUT2D eigenvalue weighted by Crippen LogP contribution is 2.44. The number of likely N-dealkylation sites (tertiary alicyclic amines) is 1. The zero-order valence-corrected chi connectivity index (χ0v) is 13.3. The van der Waals surface area contributed by atoms with Crippen LogP contribution in [0.25, 0.3) is 0 Å². The Labute approximate surface area is 130 Å². The number of ether oxygens (including phenoxy) is 2. The standard InChI is InChI=1S/C14H16BrNO5/c1-14(2,15)13(19)20-6-5-16-11(17)9-7-3-4-8(21-7)10(9)12(16)18/h3-4,7-10H,5-6H2,1-2H3/t7?,8?,9-,10?/m1/s1. The number of hydrogen-bond donors (Lipinski definition) is 0. The fourth-order valence-electron chi connectivity index (χ4n) is 2.99. The zero-order chi connectivity index (χ0) is 15.4. The number of rotatable bonds is 4. The Bertz CT molecular complexity index is 508. The Balaban J connectivity index is 1.60. The first-order chi connectivity index (χ1) is 9.80. The fraction of sp³-hybridized carbons (Fsp3) is 0.643. The van der Waals surface area contributed by atoms with Gasteiger partial charge in [-0.25, -0.2) is 0 Å². The second-order valence-corrected chi connectivity index (χ2v) is 7.92.